The number of anilines is 1. The molecule has 1 fully saturated rings. The lowest BCUT2D eigenvalue weighted by Crippen LogP contribution is -2.34. The van der Waals surface area contributed by atoms with Gasteiger partial charge in [-0.2, -0.15) is 0 Å². The van der Waals surface area contributed by atoms with Gasteiger partial charge in [0.15, 0.2) is 0 Å². The Morgan fingerprint density at radius 1 is 1.18 bits per heavy atom. The Labute approximate surface area is 104 Å². The van der Waals surface area contributed by atoms with Gasteiger partial charge in [-0.15, -0.1) is 0 Å². The van der Waals surface area contributed by atoms with Crippen LogP contribution in [0.4, 0.5) is 5.69 Å². The van der Waals surface area contributed by atoms with Gasteiger partial charge in [0.25, 0.3) is 0 Å². The van der Waals surface area contributed by atoms with E-state index in [1.165, 1.54) is 24.9 Å². The van der Waals surface area contributed by atoms with E-state index in [4.69, 9.17) is 5.11 Å². The fourth-order valence-electron chi connectivity index (χ4n) is 2.71. The van der Waals surface area contributed by atoms with Crippen LogP contribution in [0.1, 0.15) is 38.7 Å². The molecule has 0 aromatic heterocycles. The molecule has 2 N–H and O–H groups in total. The minimum atomic E-state index is 0.122. The van der Waals surface area contributed by atoms with Crippen LogP contribution in [-0.2, 0) is 6.61 Å². The molecule has 1 aromatic rings. The van der Waals surface area contributed by atoms with E-state index in [0.29, 0.717) is 6.04 Å². The van der Waals surface area contributed by atoms with Gasteiger partial charge in [0, 0.05) is 11.7 Å². The van der Waals surface area contributed by atoms with Crippen molar-refractivity contribution in [3.8, 4) is 0 Å². The third-order valence-electron chi connectivity index (χ3n) is 4.20. The molecule has 3 unspecified atom stereocenters. The molecule has 2 nitrogen and oxygen atoms in total. The molecule has 3 atom stereocenters. The van der Waals surface area contributed by atoms with Crippen LogP contribution >= 0.6 is 0 Å². The van der Waals surface area contributed by atoms with Crippen molar-refractivity contribution in [1.82, 2.24) is 0 Å². The Morgan fingerprint density at radius 3 is 2.53 bits per heavy atom. The average molecular weight is 233 g/mol. The molecule has 1 saturated carbocycles. The van der Waals surface area contributed by atoms with Gasteiger partial charge in [-0.05, 0) is 36.0 Å². The topological polar surface area (TPSA) is 32.3 Å². The summed E-state index contributed by atoms with van der Waals surface area (Å²) >= 11 is 0. The first-order chi connectivity index (χ1) is 8.20. The smallest absolute Gasteiger partial charge is 0.0681 e. The molecule has 0 amide bonds. The number of rotatable bonds is 3. The maximum absolute atomic E-state index is 9.01. The number of benzene rings is 1. The highest BCUT2D eigenvalue weighted by Crippen LogP contribution is 2.31. The summed E-state index contributed by atoms with van der Waals surface area (Å²) in [6, 6.07) is 8.70. The van der Waals surface area contributed by atoms with E-state index in [1.807, 2.05) is 12.1 Å². The van der Waals surface area contributed by atoms with Crippen molar-refractivity contribution in [1.29, 1.82) is 0 Å². The summed E-state index contributed by atoms with van der Waals surface area (Å²) in [7, 11) is 0. The molecule has 0 saturated heterocycles. The molecule has 0 aliphatic heterocycles. The summed E-state index contributed by atoms with van der Waals surface area (Å²) in [6.45, 7) is 4.83. The molecule has 1 aromatic carbocycles. The van der Waals surface area contributed by atoms with E-state index < -0.39 is 0 Å². The summed E-state index contributed by atoms with van der Waals surface area (Å²) in [6.07, 6.45) is 3.97. The van der Waals surface area contributed by atoms with Crippen molar-refractivity contribution in [2.24, 2.45) is 11.8 Å². The molecular weight excluding hydrogens is 210 g/mol. The summed E-state index contributed by atoms with van der Waals surface area (Å²) in [4.78, 5) is 0. The van der Waals surface area contributed by atoms with E-state index in [9.17, 15) is 0 Å². The van der Waals surface area contributed by atoms with Crippen LogP contribution in [0.2, 0.25) is 0 Å². The minimum absolute atomic E-state index is 0.122. The number of hydrogen-bond acceptors (Lipinski definition) is 2. The Kier molecular flexibility index (Phi) is 4.06. The molecule has 0 spiro atoms. The van der Waals surface area contributed by atoms with Crippen molar-refractivity contribution < 1.29 is 5.11 Å². The second-order valence-electron chi connectivity index (χ2n) is 5.37. The maximum atomic E-state index is 9.01. The molecule has 0 bridgehead atoms. The number of nitrogens with one attached hydrogen (secondary N) is 1. The number of hydrogen-bond donors (Lipinski definition) is 2. The van der Waals surface area contributed by atoms with Gasteiger partial charge in [0.1, 0.15) is 0 Å². The summed E-state index contributed by atoms with van der Waals surface area (Å²) < 4.78 is 0. The lowest BCUT2D eigenvalue weighted by Gasteiger charge is -2.35. The lowest BCUT2D eigenvalue weighted by atomic mass is 9.78. The van der Waals surface area contributed by atoms with Crippen molar-refractivity contribution in [2.75, 3.05) is 5.32 Å². The Balaban J connectivity index is 1.99. The van der Waals surface area contributed by atoms with Crippen molar-refractivity contribution in [3.63, 3.8) is 0 Å². The Morgan fingerprint density at radius 2 is 1.88 bits per heavy atom. The van der Waals surface area contributed by atoms with Crippen LogP contribution in [0.25, 0.3) is 0 Å². The van der Waals surface area contributed by atoms with E-state index in [2.05, 4.69) is 31.3 Å². The quantitative estimate of drug-likeness (QED) is 0.838. The molecule has 94 valence electrons. The zero-order chi connectivity index (χ0) is 12.3. The molecular formula is C15H23NO. The third kappa shape index (κ3) is 3.01. The predicted octanol–water partition coefficient (Wildman–Crippen LogP) is 3.42. The highest BCUT2D eigenvalue weighted by atomic mass is 16.3. The highest BCUT2D eigenvalue weighted by molar-refractivity contribution is 5.45. The minimum Gasteiger partial charge on any atom is -0.392 e. The third-order valence-corrected chi connectivity index (χ3v) is 4.20. The fraction of sp³-hybridized carbons (Fsp3) is 0.600. The van der Waals surface area contributed by atoms with Crippen molar-refractivity contribution in [2.45, 2.75) is 45.8 Å². The van der Waals surface area contributed by atoms with E-state index in [0.717, 1.165) is 17.4 Å². The molecule has 17 heavy (non-hydrogen) atoms. The highest BCUT2D eigenvalue weighted by Gasteiger charge is 2.26. The SMILES string of the molecule is CC1CCCC(Nc2ccc(CO)cc2)C1C. The molecule has 0 radical (unpaired) electrons. The van der Waals surface area contributed by atoms with Gasteiger partial charge in [-0.3, -0.25) is 0 Å². The molecule has 0 heterocycles. The van der Waals surface area contributed by atoms with Crippen LogP contribution < -0.4 is 5.32 Å². The first-order valence-corrected chi connectivity index (χ1v) is 6.67. The lowest BCUT2D eigenvalue weighted by molar-refractivity contribution is 0.253. The monoisotopic (exact) mass is 233 g/mol. The largest absolute Gasteiger partial charge is 0.392 e. The Bertz CT molecular complexity index is 346. The van der Waals surface area contributed by atoms with Gasteiger partial charge >= 0.3 is 0 Å². The first-order valence-electron chi connectivity index (χ1n) is 6.67. The van der Waals surface area contributed by atoms with Crippen molar-refractivity contribution in [3.05, 3.63) is 29.8 Å². The van der Waals surface area contributed by atoms with E-state index in [1.54, 1.807) is 0 Å². The van der Waals surface area contributed by atoms with Crippen LogP contribution in [0.5, 0.6) is 0 Å². The summed E-state index contributed by atoms with van der Waals surface area (Å²) in [5.41, 5.74) is 2.15. The van der Waals surface area contributed by atoms with Crippen LogP contribution in [0, 0.1) is 11.8 Å². The van der Waals surface area contributed by atoms with Crippen molar-refractivity contribution >= 4 is 5.69 Å². The fourth-order valence-corrected chi connectivity index (χ4v) is 2.71. The predicted molar refractivity (Wildman–Crippen MR) is 72.0 cm³/mol. The van der Waals surface area contributed by atoms with Gasteiger partial charge in [-0.25, -0.2) is 0 Å². The van der Waals surface area contributed by atoms with E-state index >= 15 is 0 Å². The Hall–Kier alpha value is -1.02. The standard InChI is InChI=1S/C15H23NO/c1-11-4-3-5-15(12(11)2)16-14-8-6-13(10-17)7-9-14/h6-9,11-12,15-17H,3-5,10H2,1-2H3. The molecule has 1 aliphatic rings. The van der Waals surface area contributed by atoms with Gasteiger partial charge in [-0.1, -0.05) is 38.8 Å². The molecule has 2 rings (SSSR count). The van der Waals surface area contributed by atoms with Gasteiger partial charge < -0.3 is 10.4 Å². The summed E-state index contributed by atoms with van der Waals surface area (Å²) in [5, 5.41) is 12.6. The average Bonchev–Trinajstić information content (AvgIpc) is 2.36. The summed E-state index contributed by atoms with van der Waals surface area (Å²) in [5.74, 6) is 1.55. The van der Waals surface area contributed by atoms with Crippen LogP contribution in [0.3, 0.4) is 0 Å². The van der Waals surface area contributed by atoms with Crippen LogP contribution in [0.15, 0.2) is 24.3 Å². The zero-order valence-corrected chi connectivity index (χ0v) is 10.8. The zero-order valence-electron chi connectivity index (χ0n) is 10.8. The molecule has 1 aliphatic carbocycles. The first kappa shape index (κ1) is 12.4. The second-order valence-corrected chi connectivity index (χ2v) is 5.37. The number of aliphatic hydroxyl groups excluding tert-OH is 1. The van der Waals surface area contributed by atoms with E-state index in [-0.39, 0.29) is 6.61 Å². The van der Waals surface area contributed by atoms with Gasteiger partial charge in [0.05, 0.1) is 6.61 Å². The molecule has 2 heteroatoms. The van der Waals surface area contributed by atoms with Gasteiger partial charge in [0.2, 0.25) is 0 Å². The maximum Gasteiger partial charge on any atom is 0.0681 e. The van der Waals surface area contributed by atoms with Crippen LogP contribution in [-0.4, -0.2) is 11.1 Å². The normalized spacial score (nSPS) is 29.0. The second kappa shape index (κ2) is 5.54. The number of aliphatic hydroxyl groups is 1.